The third-order valence-electron chi connectivity index (χ3n) is 4.53. The van der Waals surface area contributed by atoms with Crippen LogP contribution in [0.3, 0.4) is 0 Å². The Morgan fingerprint density at radius 1 is 1.17 bits per heavy atom. The van der Waals surface area contributed by atoms with Crippen molar-refractivity contribution in [1.82, 2.24) is 0 Å². The number of carboxylic acid groups (broad SMARTS) is 1. The molecule has 1 aromatic rings. The van der Waals surface area contributed by atoms with Gasteiger partial charge in [0.25, 0.3) is 0 Å². The molecule has 1 fully saturated rings. The van der Waals surface area contributed by atoms with Crippen LogP contribution in [0, 0.1) is 6.92 Å². The van der Waals surface area contributed by atoms with Crippen molar-refractivity contribution in [3.8, 4) is 0 Å². The molecule has 1 aliphatic rings. The Balaban J connectivity index is 2.22. The molecule has 0 aromatic heterocycles. The molecule has 2 rings (SSSR count). The summed E-state index contributed by atoms with van der Waals surface area (Å²) in [6.07, 6.45) is 3.78. The molecule has 1 aromatic carbocycles. The van der Waals surface area contributed by atoms with E-state index in [4.69, 9.17) is 4.74 Å². The third kappa shape index (κ3) is 4.08. The Morgan fingerprint density at radius 2 is 1.79 bits per heavy atom. The van der Waals surface area contributed by atoms with Crippen LogP contribution in [0.5, 0.6) is 0 Å². The minimum atomic E-state index is -0.798. The first kappa shape index (κ1) is 18.3. The van der Waals surface area contributed by atoms with Crippen molar-refractivity contribution in [2.45, 2.75) is 70.8 Å². The summed E-state index contributed by atoms with van der Waals surface area (Å²) >= 11 is 0. The summed E-state index contributed by atoms with van der Waals surface area (Å²) in [6, 6.07) is 5.47. The minimum Gasteiger partial charge on any atom is -0.481 e. The number of amides is 1. The van der Waals surface area contributed by atoms with Crippen LogP contribution in [0.25, 0.3) is 0 Å². The Hall–Kier alpha value is -2.04. The summed E-state index contributed by atoms with van der Waals surface area (Å²) in [7, 11) is 0. The molecule has 0 unspecified atom stereocenters. The maximum absolute atomic E-state index is 11.9. The molecule has 0 heterocycles. The highest BCUT2D eigenvalue weighted by atomic mass is 16.6. The van der Waals surface area contributed by atoms with Gasteiger partial charge >= 0.3 is 12.1 Å². The van der Waals surface area contributed by atoms with Crippen LogP contribution in [0.2, 0.25) is 0 Å². The topological polar surface area (TPSA) is 75.6 Å². The summed E-state index contributed by atoms with van der Waals surface area (Å²) in [6.45, 7) is 7.29. The monoisotopic (exact) mass is 333 g/mol. The molecule has 0 spiro atoms. The number of carbonyl (C=O) groups is 2. The van der Waals surface area contributed by atoms with E-state index in [0.29, 0.717) is 18.5 Å². The van der Waals surface area contributed by atoms with E-state index in [9.17, 15) is 14.7 Å². The van der Waals surface area contributed by atoms with Gasteiger partial charge in [0.1, 0.15) is 5.60 Å². The molecule has 132 valence electrons. The molecule has 1 amide bonds. The number of hydrogen-bond donors (Lipinski definition) is 2. The minimum absolute atomic E-state index is 0.510. The second-order valence-electron chi connectivity index (χ2n) is 7.60. The SMILES string of the molecule is Cc1cc(C2(C(=O)O)CCCCC2)ccc1NC(=O)OC(C)(C)C. The lowest BCUT2D eigenvalue weighted by Crippen LogP contribution is -2.37. The van der Waals surface area contributed by atoms with Crippen molar-refractivity contribution < 1.29 is 19.4 Å². The molecule has 0 atom stereocenters. The fourth-order valence-electron chi connectivity index (χ4n) is 3.30. The van der Waals surface area contributed by atoms with Crippen molar-refractivity contribution in [3.05, 3.63) is 29.3 Å². The van der Waals surface area contributed by atoms with E-state index in [1.165, 1.54) is 0 Å². The van der Waals surface area contributed by atoms with Gasteiger partial charge in [-0.3, -0.25) is 10.1 Å². The van der Waals surface area contributed by atoms with E-state index in [1.54, 1.807) is 6.07 Å². The lowest BCUT2D eigenvalue weighted by molar-refractivity contribution is -0.145. The number of aryl methyl sites for hydroxylation is 1. The van der Waals surface area contributed by atoms with Gasteiger partial charge in [-0.25, -0.2) is 4.79 Å². The zero-order valence-electron chi connectivity index (χ0n) is 14.9. The number of hydrogen-bond acceptors (Lipinski definition) is 3. The van der Waals surface area contributed by atoms with Crippen molar-refractivity contribution >= 4 is 17.7 Å². The van der Waals surface area contributed by atoms with E-state index < -0.39 is 23.1 Å². The molecule has 1 aliphatic carbocycles. The van der Waals surface area contributed by atoms with Crippen LogP contribution in [-0.2, 0) is 14.9 Å². The second-order valence-corrected chi connectivity index (χ2v) is 7.60. The zero-order valence-corrected chi connectivity index (χ0v) is 14.9. The molecule has 5 heteroatoms. The Morgan fingerprint density at radius 3 is 2.29 bits per heavy atom. The lowest BCUT2D eigenvalue weighted by atomic mass is 9.69. The van der Waals surface area contributed by atoms with Crippen molar-refractivity contribution in [1.29, 1.82) is 0 Å². The fraction of sp³-hybridized carbons (Fsp3) is 0.579. The number of benzene rings is 1. The molecule has 0 radical (unpaired) electrons. The van der Waals surface area contributed by atoms with E-state index in [2.05, 4.69) is 5.32 Å². The van der Waals surface area contributed by atoms with E-state index >= 15 is 0 Å². The maximum Gasteiger partial charge on any atom is 0.412 e. The number of carboxylic acids is 1. The van der Waals surface area contributed by atoms with Gasteiger partial charge < -0.3 is 9.84 Å². The number of carbonyl (C=O) groups excluding carboxylic acids is 1. The molecule has 0 aliphatic heterocycles. The first-order valence-corrected chi connectivity index (χ1v) is 8.49. The van der Waals surface area contributed by atoms with Gasteiger partial charge in [-0.1, -0.05) is 31.4 Å². The fourth-order valence-corrected chi connectivity index (χ4v) is 3.30. The Bertz CT molecular complexity index is 625. The van der Waals surface area contributed by atoms with Crippen LogP contribution in [0.15, 0.2) is 18.2 Å². The van der Waals surface area contributed by atoms with Crippen LogP contribution in [0.1, 0.15) is 64.0 Å². The highest BCUT2D eigenvalue weighted by Gasteiger charge is 2.41. The van der Waals surface area contributed by atoms with Gasteiger partial charge in [0.2, 0.25) is 0 Å². The zero-order chi connectivity index (χ0) is 18.0. The Kier molecular flexibility index (Phi) is 5.21. The average Bonchev–Trinajstić information content (AvgIpc) is 2.48. The van der Waals surface area contributed by atoms with Gasteiger partial charge in [0.15, 0.2) is 0 Å². The third-order valence-corrected chi connectivity index (χ3v) is 4.53. The van der Waals surface area contributed by atoms with Gasteiger partial charge in [-0.05, 0) is 57.7 Å². The van der Waals surface area contributed by atoms with Crippen LogP contribution in [-0.4, -0.2) is 22.8 Å². The number of ether oxygens (including phenoxy) is 1. The van der Waals surface area contributed by atoms with Crippen molar-refractivity contribution in [2.24, 2.45) is 0 Å². The molecular formula is C19H27NO4. The predicted octanol–water partition coefficient (Wildman–Crippen LogP) is 4.63. The molecule has 0 saturated heterocycles. The van der Waals surface area contributed by atoms with Crippen molar-refractivity contribution in [2.75, 3.05) is 5.32 Å². The molecule has 1 saturated carbocycles. The molecular weight excluding hydrogens is 306 g/mol. The lowest BCUT2D eigenvalue weighted by Gasteiger charge is -2.34. The number of anilines is 1. The molecule has 5 nitrogen and oxygen atoms in total. The van der Waals surface area contributed by atoms with Crippen molar-refractivity contribution in [3.63, 3.8) is 0 Å². The first-order valence-electron chi connectivity index (χ1n) is 8.49. The average molecular weight is 333 g/mol. The largest absolute Gasteiger partial charge is 0.481 e. The van der Waals surface area contributed by atoms with Crippen LogP contribution < -0.4 is 5.32 Å². The predicted molar refractivity (Wildman–Crippen MR) is 93.4 cm³/mol. The first-order chi connectivity index (χ1) is 11.1. The molecule has 24 heavy (non-hydrogen) atoms. The quantitative estimate of drug-likeness (QED) is 0.845. The smallest absolute Gasteiger partial charge is 0.412 e. The summed E-state index contributed by atoms with van der Waals surface area (Å²) in [4.78, 5) is 23.8. The molecule has 0 bridgehead atoms. The second kappa shape index (κ2) is 6.83. The number of rotatable bonds is 3. The number of aliphatic carboxylic acids is 1. The highest BCUT2D eigenvalue weighted by Crippen LogP contribution is 2.40. The van der Waals surface area contributed by atoms with Gasteiger partial charge in [-0.15, -0.1) is 0 Å². The van der Waals surface area contributed by atoms with Gasteiger partial charge in [0, 0.05) is 5.69 Å². The standard InChI is InChI=1S/C19H27NO4/c1-13-12-14(19(16(21)22)10-6-5-7-11-19)8-9-15(13)20-17(23)24-18(2,3)4/h8-9,12H,5-7,10-11H2,1-4H3,(H,20,23)(H,21,22). The van der Waals surface area contributed by atoms with E-state index in [-0.39, 0.29) is 0 Å². The van der Waals surface area contributed by atoms with E-state index in [0.717, 1.165) is 30.4 Å². The highest BCUT2D eigenvalue weighted by molar-refractivity contribution is 5.87. The van der Waals surface area contributed by atoms with E-state index in [1.807, 2.05) is 39.8 Å². The summed E-state index contributed by atoms with van der Waals surface area (Å²) in [5.74, 6) is -0.755. The van der Waals surface area contributed by atoms with Gasteiger partial charge in [-0.2, -0.15) is 0 Å². The molecule has 2 N–H and O–H groups in total. The summed E-state index contributed by atoms with van der Waals surface area (Å²) < 4.78 is 5.26. The van der Waals surface area contributed by atoms with Crippen LogP contribution in [0.4, 0.5) is 10.5 Å². The normalized spacial score (nSPS) is 17.2. The maximum atomic E-state index is 11.9. The number of nitrogens with one attached hydrogen (secondary N) is 1. The summed E-state index contributed by atoms with van der Waals surface area (Å²) in [5, 5.41) is 12.5. The van der Waals surface area contributed by atoms with Crippen LogP contribution >= 0.6 is 0 Å². The Labute approximate surface area is 143 Å². The summed E-state index contributed by atoms with van der Waals surface area (Å²) in [5.41, 5.74) is 0.941. The van der Waals surface area contributed by atoms with Gasteiger partial charge in [0.05, 0.1) is 5.41 Å².